The third-order valence-corrected chi connectivity index (χ3v) is 1.84. The van der Waals surface area contributed by atoms with Crippen molar-refractivity contribution in [3.63, 3.8) is 0 Å². The smallest absolute Gasteiger partial charge is 0.226 e. The average molecular weight is 247 g/mol. The SMILES string of the molecule is Cc1cc(CC(=O)NCC(C)(C)N)n[nH]1.Cl. The van der Waals surface area contributed by atoms with Crippen LogP contribution < -0.4 is 11.1 Å². The highest BCUT2D eigenvalue weighted by Crippen LogP contribution is 1.99. The molecular formula is C10H19ClN4O. The summed E-state index contributed by atoms with van der Waals surface area (Å²) < 4.78 is 0. The number of aromatic nitrogens is 2. The van der Waals surface area contributed by atoms with Gasteiger partial charge in [-0.1, -0.05) is 0 Å². The molecule has 0 atom stereocenters. The minimum atomic E-state index is -0.378. The number of nitrogens with two attached hydrogens (primary N) is 1. The minimum Gasteiger partial charge on any atom is -0.354 e. The Labute approximate surface area is 102 Å². The molecular weight excluding hydrogens is 228 g/mol. The lowest BCUT2D eigenvalue weighted by Crippen LogP contribution is -2.45. The van der Waals surface area contributed by atoms with Gasteiger partial charge in [0.25, 0.3) is 0 Å². The first-order chi connectivity index (χ1) is 6.87. The van der Waals surface area contributed by atoms with Crippen molar-refractivity contribution in [3.05, 3.63) is 17.5 Å². The monoisotopic (exact) mass is 246 g/mol. The molecule has 0 radical (unpaired) electrons. The number of amides is 1. The third-order valence-electron chi connectivity index (χ3n) is 1.84. The lowest BCUT2D eigenvalue weighted by molar-refractivity contribution is -0.120. The Hall–Kier alpha value is -1.07. The molecule has 0 aliphatic rings. The molecule has 1 aromatic heterocycles. The van der Waals surface area contributed by atoms with Gasteiger partial charge in [-0.3, -0.25) is 9.89 Å². The molecule has 1 rings (SSSR count). The number of rotatable bonds is 4. The van der Waals surface area contributed by atoms with E-state index in [1.54, 1.807) is 0 Å². The maximum Gasteiger partial charge on any atom is 0.226 e. The van der Waals surface area contributed by atoms with E-state index in [1.165, 1.54) is 0 Å². The second-order valence-electron chi connectivity index (χ2n) is 4.48. The summed E-state index contributed by atoms with van der Waals surface area (Å²) in [6, 6.07) is 1.85. The van der Waals surface area contributed by atoms with Gasteiger partial charge >= 0.3 is 0 Å². The number of aryl methyl sites for hydroxylation is 1. The summed E-state index contributed by atoms with van der Waals surface area (Å²) in [5, 5.41) is 9.54. The number of hydrogen-bond donors (Lipinski definition) is 3. The fourth-order valence-corrected chi connectivity index (χ4v) is 1.12. The molecule has 0 saturated carbocycles. The maximum absolute atomic E-state index is 11.4. The second kappa shape index (κ2) is 5.86. The summed E-state index contributed by atoms with van der Waals surface area (Å²) in [7, 11) is 0. The van der Waals surface area contributed by atoms with Gasteiger partial charge in [-0.25, -0.2) is 0 Å². The van der Waals surface area contributed by atoms with Crippen LogP contribution in [0.25, 0.3) is 0 Å². The van der Waals surface area contributed by atoms with E-state index in [2.05, 4.69) is 15.5 Å². The van der Waals surface area contributed by atoms with E-state index in [9.17, 15) is 4.79 Å². The lowest BCUT2D eigenvalue weighted by atomic mass is 10.1. The Bertz CT molecular complexity index is 343. The standard InChI is InChI=1S/C10H18N4O.ClH/c1-7-4-8(14-13-7)5-9(15)12-6-10(2,3)11;/h4H,5-6,11H2,1-3H3,(H,12,15)(H,13,14);1H. The van der Waals surface area contributed by atoms with E-state index in [-0.39, 0.29) is 23.9 Å². The predicted molar refractivity (Wildman–Crippen MR) is 65.6 cm³/mol. The van der Waals surface area contributed by atoms with Crippen LogP contribution in [0.15, 0.2) is 6.07 Å². The van der Waals surface area contributed by atoms with Crippen LogP contribution >= 0.6 is 12.4 Å². The van der Waals surface area contributed by atoms with Crippen molar-refractivity contribution in [1.82, 2.24) is 15.5 Å². The normalized spacial score (nSPS) is 10.8. The zero-order valence-corrected chi connectivity index (χ0v) is 10.6. The first kappa shape index (κ1) is 14.9. The van der Waals surface area contributed by atoms with Gasteiger partial charge in [0.15, 0.2) is 0 Å². The number of hydrogen-bond acceptors (Lipinski definition) is 3. The fourth-order valence-electron chi connectivity index (χ4n) is 1.12. The fraction of sp³-hybridized carbons (Fsp3) is 0.600. The van der Waals surface area contributed by atoms with Gasteiger partial charge in [-0.05, 0) is 26.8 Å². The van der Waals surface area contributed by atoms with Gasteiger partial charge in [0.05, 0.1) is 12.1 Å². The Morgan fingerprint density at radius 1 is 1.62 bits per heavy atom. The third kappa shape index (κ3) is 5.72. The van der Waals surface area contributed by atoms with Crippen LogP contribution in [0.1, 0.15) is 25.2 Å². The van der Waals surface area contributed by atoms with E-state index in [4.69, 9.17) is 5.73 Å². The van der Waals surface area contributed by atoms with Gasteiger partial charge in [0.2, 0.25) is 5.91 Å². The highest BCUT2D eigenvalue weighted by Gasteiger charge is 2.13. The van der Waals surface area contributed by atoms with Gasteiger partial charge in [0, 0.05) is 17.8 Å². The van der Waals surface area contributed by atoms with Crippen LogP contribution in [0.4, 0.5) is 0 Å². The molecule has 1 amide bonds. The average Bonchev–Trinajstić information content (AvgIpc) is 2.47. The quantitative estimate of drug-likeness (QED) is 0.725. The molecule has 1 heterocycles. The number of aromatic amines is 1. The number of nitrogens with zero attached hydrogens (tertiary/aromatic N) is 1. The van der Waals surface area contributed by atoms with Crippen molar-refractivity contribution in [2.24, 2.45) is 5.73 Å². The number of carbonyl (C=O) groups is 1. The van der Waals surface area contributed by atoms with Crippen molar-refractivity contribution in [2.45, 2.75) is 32.7 Å². The van der Waals surface area contributed by atoms with E-state index in [0.717, 1.165) is 11.4 Å². The number of nitrogens with one attached hydrogen (secondary N) is 2. The Kier molecular flexibility index (Phi) is 5.47. The Morgan fingerprint density at radius 3 is 2.69 bits per heavy atom. The molecule has 0 aliphatic heterocycles. The summed E-state index contributed by atoms with van der Waals surface area (Å²) >= 11 is 0. The van der Waals surface area contributed by atoms with Gasteiger partial charge in [-0.2, -0.15) is 5.10 Å². The van der Waals surface area contributed by atoms with Crippen molar-refractivity contribution in [2.75, 3.05) is 6.54 Å². The van der Waals surface area contributed by atoms with Crippen LogP contribution in [0.2, 0.25) is 0 Å². The summed E-state index contributed by atoms with van der Waals surface area (Å²) in [5.74, 6) is -0.0555. The molecule has 0 aliphatic carbocycles. The molecule has 0 unspecified atom stereocenters. The Morgan fingerprint density at radius 2 is 2.25 bits per heavy atom. The molecule has 1 aromatic rings. The highest BCUT2D eigenvalue weighted by molar-refractivity contribution is 5.85. The van der Waals surface area contributed by atoms with Gasteiger partial charge < -0.3 is 11.1 Å². The van der Waals surface area contributed by atoms with Crippen LogP contribution in [-0.4, -0.2) is 28.2 Å². The molecule has 6 heteroatoms. The van der Waals surface area contributed by atoms with Crippen LogP contribution in [0, 0.1) is 6.92 Å². The maximum atomic E-state index is 11.4. The topological polar surface area (TPSA) is 83.8 Å². The molecule has 0 saturated heterocycles. The van der Waals surface area contributed by atoms with Crippen molar-refractivity contribution < 1.29 is 4.79 Å². The lowest BCUT2D eigenvalue weighted by Gasteiger charge is -2.18. The first-order valence-electron chi connectivity index (χ1n) is 4.93. The van der Waals surface area contributed by atoms with Crippen LogP contribution in [-0.2, 0) is 11.2 Å². The molecule has 0 fully saturated rings. The Balaban J connectivity index is 0.00000225. The summed E-state index contributed by atoms with van der Waals surface area (Å²) in [4.78, 5) is 11.4. The zero-order chi connectivity index (χ0) is 11.5. The van der Waals surface area contributed by atoms with E-state index < -0.39 is 0 Å². The zero-order valence-electron chi connectivity index (χ0n) is 9.83. The summed E-state index contributed by atoms with van der Waals surface area (Å²) in [6.07, 6.45) is 0.292. The molecule has 0 aromatic carbocycles. The number of carbonyl (C=O) groups excluding carboxylic acids is 1. The highest BCUT2D eigenvalue weighted by atomic mass is 35.5. The molecule has 5 nitrogen and oxygen atoms in total. The van der Waals surface area contributed by atoms with Crippen molar-refractivity contribution in [3.8, 4) is 0 Å². The molecule has 0 bridgehead atoms. The van der Waals surface area contributed by atoms with E-state index in [0.29, 0.717) is 13.0 Å². The minimum absolute atomic E-state index is 0. The van der Waals surface area contributed by atoms with Crippen LogP contribution in [0.5, 0.6) is 0 Å². The molecule has 4 N–H and O–H groups in total. The second-order valence-corrected chi connectivity index (χ2v) is 4.48. The van der Waals surface area contributed by atoms with Crippen molar-refractivity contribution >= 4 is 18.3 Å². The number of halogens is 1. The summed E-state index contributed by atoms with van der Waals surface area (Å²) in [5.41, 5.74) is 7.07. The van der Waals surface area contributed by atoms with Crippen molar-refractivity contribution in [1.29, 1.82) is 0 Å². The predicted octanol–water partition coefficient (Wildman–Crippen LogP) is 0.536. The largest absolute Gasteiger partial charge is 0.354 e. The molecule has 16 heavy (non-hydrogen) atoms. The molecule has 0 spiro atoms. The first-order valence-corrected chi connectivity index (χ1v) is 4.93. The molecule has 92 valence electrons. The summed E-state index contributed by atoms with van der Waals surface area (Å²) in [6.45, 7) is 6.10. The van der Waals surface area contributed by atoms with Crippen LogP contribution in [0.3, 0.4) is 0 Å². The van der Waals surface area contributed by atoms with Gasteiger partial charge in [-0.15, -0.1) is 12.4 Å². The van der Waals surface area contributed by atoms with Gasteiger partial charge in [0.1, 0.15) is 0 Å². The van der Waals surface area contributed by atoms with E-state index >= 15 is 0 Å². The number of H-pyrrole nitrogens is 1. The van der Waals surface area contributed by atoms with E-state index in [1.807, 2.05) is 26.8 Å².